The number of fused-ring (bicyclic) bond motifs is 2. The lowest BCUT2D eigenvalue weighted by Crippen LogP contribution is -2.58. The third kappa shape index (κ3) is 9.27. The lowest BCUT2D eigenvalue weighted by atomic mass is 9.80. The van der Waals surface area contributed by atoms with Crippen LogP contribution in [0.3, 0.4) is 0 Å². The molecule has 16 nitrogen and oxygen atoms in total. The molecule has 0 radical (unpaired) electrons. The van der Waals surface area contributed by atoms with Gasteiger partial charge >= 0.3 is 0 Å². The molecule has 4 aliphatic rings. The minimum atomic E-state index is -0.896. The number of phenolic OH excluding ortho intramolecular Hbond substituents is 1. The second kappa shape index (κ2) is 18.6. The Labute approximate surface area is 389 Å². The molecule has 1 saturated carbocycles. The van der Waals surface area contributed by atoms with E-state index in [0.717, 1.165) is 77.8 Å². The maximum absolute atomic E-state index is 14.3. The topological polar surface area (TPSA) is 216 Å². The Morgan fingerprint density at radius 3 is 2.32 bits per heavy atom. The molecule has 2 unspecified atom stereocenters. The van der Waals surface area contributed by atoms with Crippen LogP contribution in [-0.4, -0.2) is 108 Å². The predicted octanol–water partition coefficient (Wildman–Crippen LogP) is 5.59. The molecule has 17 heteroatoms. The summed E-state index contributed by atoms with van der Waals surface area (Å²) in [5, 5.41) is 35.8. The number of aliphatic hydroxyl groups is 1. The number of para-hydroxylation sites is 1. The Bertz CT molecular complexity index is 2560. The van der Waals surface area contributed by atoms with Gasteiger partial charge in [-0.1, -0.05) is 57.2 Å². The monoisotopic (exact) mass is 913 g/mol. The van der Waals surface area contributed by atoms with Gasteiger partial charge in [-0.05, 0) is 86.3 Å². The zero-order valence-corrected chi connectivity index (χ0v) is 38.7. The van der Waals surface area contributed by atoms with Crippen LogP contribution in [-0.2, 0) is 20.9 Å². The highest BCUT2D eigenvalue weighted by Gasteiger charge is 2.46. The fourth-order valence-electron chi connectivity index (χ4n) is 10.3. The Morgan fingerprint density at radius 2 is 1.64 bits per heavy atom. The molecule has 1 aliphatic carbocycles. The van der Waals surface area contributed by atoms with E-state index in [1.54, 1.807) is 23.5 Å². The van der Waals surface area contributed by atoms with Crippen molar-refractivity contribution in [2.75, 3.05) is 35.2 Å². The summed E-state index contributed by atoms with van der Waals surface area (Å²) in [7, 11) is 0. The van der Waals surface area contributed by atoms with E-state index < -0.39 is 23.6 Å². The summed E-state index contributed by atoms with van der Waals surface area (Å²) in [4.78, 5) is 63.4. The number of aryl methyl sites for hydroxylation is 1. The molecule has 4 fully saturated rings. The number of nitrogens with two attached hydrogens (primary N) is 1. The van der Waals surface area contributed by atoms with Crippen LogP contribution in [0.15, 0.2) is 72.4 Å². The van der Waals surface area contributed by atoms with Crippen LogP contribution < -0.4 is 26.2 Å². The van der Waals surface area contributed by atoms with E-state index in [-0.39, 0.29) is 66.9 Å². The van der Waals surface area contributed by atoms with Gasteiger partial charge in [0, 0.05) is 68.3 Å². The molecule has 3 amide bonds. The first kappa shape index (κ1) is 45.0. The Morgan fingerprint density at radius 1 is 0.909 bits per heavy atom. The number of rotatable bonds is 11. The SMILES string of the molecule is Cc1ncsc1-c1ccc(CNC(=O)[C@@H]2C[C@@H](O)CN2C(=O)[C@@H](NC(=O)[C@H]2CC[C@H](c3nccc(N4C5CCC4CN(c4cc(-c6ccccc6O)nnc4N)C5)n3)CC2)C(C)(C)C)cc1. The van der Waals surface area contributed by atoms with E-state index >= 15 is 0 Å². The second-order valence-corrected chi connectivity index (χ2v) is 20.3. The van der Waals surface area contributed by atoms with Crippen molar-refractivity contribution in [2.45, 2.75) is 115 Å². The number of likely N-dealkylation sites (tertiary alicyclic amines) is 1. The number of aliphatic hydroxyl groups excluding tert-OH is 1. The molecule has 3 saturated heterocycles. The number of aromatic nitrogens is 5. The number of benzene rings is 2. The average Bonchev–Trinajstić information content (AvgIpc) is 4.01. The maximum Gasteiger partial charge on any atom is 0.246 e. The Balaban J connectivity index is 0.800. The number of hydrogen-bond donors (Lipinski definition) is 5. The highest BCUT2D eigenvalue weighted by atomic mass is 32.1. The summed E-state index contributed by atoms with van der Waals surface area (Å²) in [5.41, 5.74) is 12.5. The third-order valence-corrected chi connectivity index (χ3v) is 14.9. The fourth-order valence-corrected chi connectivity index (χ4v) is 11.1. The van der Waals surface area contributed by atoms with Crippen molar-refractivity contribution in [1.29, 1.82) is 0 Å². The highest BCUT2D eigenvalue weighted by molar-refractivity contribution is 7.13. The molecule has 5 atom stereocenters. The number of carbonyl (C=O) groups is 3. The Hall–Kier alpha value is -6.20. The van der Waals surface area contributed by atoms with E-state index in [1.807, 2.05) is 87.9 Å². The number of thiazole rings is 1. The van der Waals surface area contributed by atoms with Crippen molar-refractivity contribution in [3.8, 4) is 27.4 Å². The fraction of sp³-hybridized carbons (Fsp3) is 0.469. The molecular formula is C49H59N11O5S. The number of nitrogen functional groups attached to an aromatic ring is 1. The number of β-amino-alcohol motifs (C(OH)–C–C–N with tert-alkyl or cyclic N) is 1. The van der Waals surface area contributed by atoms with E-state index in [0.29, 0.717) is 29.9 Å². The molecule has 2 aromatic carbocycles. The van der Waals surface area contributed by atoms with Crippen molar-refractivity contribution in [3.63, 3.8) is 0 Å². The Kier molecular flexibility index (Phi) is 12.7. The number of carbonyl (C=O) groups excluding carboxylic acids is 3. The van der Waals surface area contributed by atoms with Crippen LogP contribution in [0.2, 0.25) is 0 Å². The summed E-state index contributed by atoms with van der Waals surface area (Å²) < 4.78 is 0. The lowest BCUT2D eigenvalue weighted by molar-refractivity contribution is -0.144. The van der Waals surface area contributed by atoms with E-state index in [1.165, 1.54) is 4.90 Å². The van der Waals surface area contributed by atoms with Crippen molar-refractivity contribution < 1.29 is 24.6 Å². The molecule has 5 aromatic rings. The molecule has 6 heterocycles. The number of aromatic hydroxyl groups is 1. The first-order valence-electron chi connectivity index (χ1n) is 23.1. The van der Waals surface area contributed by atoms with Gasteiger partial charge in [0.15, 0.2) is 5.82 Å². The summed E-state index contributed by atoms with van der Waals surface area (Å²) in [6, 6.07) is 17.6. The molecule has 346 valence electrons. The van der Waals surface area contributed by atoms with Gasteiger partial charge in [0.1, 0.15) is 29.5 Å². The van der Waals surface area contributed by atoms with Gasteiger partial charge in [-0.2, -0.15) is 0 Å². The maximum atomic E-state index is 14.3. The molecule has 66 heavy (non-hydrogen) atoms. The summed E-state index contributed by atoms with van der Waals surface area (Å²) in [6.07, 6.45) is 5.86. The number of piperazine rings is 1. The first-order chi connectivity index (χ1) is 31.7. The molecule has 2 bridgehead atoms. The smallest absolute Gasteiger partial charge is 0.246 e. The van der Waals surface area contributed by atoms with Crippen molar-refractivity contribution in [2.24, 2.45) is 11.3 Å². The van der Waals surface area contributed by atoms with Crippen LogP contribution >= 0.6 is 11.3 Å². The lowest BCUT2D eigenvalue weighted by Gasteiger charge is -2.43. The van der Waals surface area contributed by atoms with Crippen LogP contribution in [0.1, 0.15) is 88.7 Å². The molecule has 9 rings (SSSR count). The van der Waals surface area contributed by atoms with Crippen molar-refractivity contribution >= 4 is 46.4 Å². The van der Waals surface area contributed by atoms with Gasteiger partial charge in [-0.25, -0.2) is 15.0 Å². The standard InChI is InChI=1S/C49H59N11O5S/c1-28-42(66-27-53-28)30-11-9-29(10-12-30)23-52-47(64)39-21-35(61)26-59(39)48(65)43(49(2,3)4)55-46(63)32-15-13-31(14-16-32)45-51-20-19-41(54-45)60-33-17-18-34(60)25-58(24-33)38-22-37(56-57-44(38)50)36-7-5-6-8-40(36)62/h5-12,19-20,22,27,31-35,39,43,61-62H,13-18,21,23-26H2,1-4H3,(H2,50,57)(H,52,64)(H,55,63)/t31-,32-,33?,34?,35-,39+,43-/m1/s1. The molecule has 3 aromatic heterocycles. The number of nitrogens with one attached hydrogen (secondary N) is 2. The van der Waals surface area contributed by atoms with E-state index in [9.17, 15) is 24.6 Å². The minimum Gasteiger partial charge on any atom is -0.507 e. The second-order valence-electron chi connectivity index (χ2n) is 19.4. The first-order valence-corrected chi connectivity index (χ1v) is 23.9. The molecule has 3 aliphatic heterocycles. The largest absolute Gasteiger partial charge is 0.507 e. The van der Waals surface area contributed by atoms with Gasteiger partial charge in [0.25, 0.3) is 0 Å². The zero-order chi connectivity index (χ0) is 46.3. The van der Waals surface area contributed by atoms with Crippen LogP contribution in [0.4, 0.5) is 17.3 Å². The average molecular weight is 914 g/mol. The number of hydrogen-bond acceptors (Lipinski definition) is 14. The minimum absolute atomic E-state index is 0.0161. The number of anilines is 3. The predicted molar refractivity (Wildman–Crippen MR) is 253 cm³/mol. The van der Waals surface area contributed by atoms with Gasteiger partial charge in [-0.15, -0.1) is 21.5 Å². The zero-order valence-electron chi connectivity index (χ0n) is 37.9. The van der Waals surface area contributed by atoms with Gasteiger partial charge in [0.2, 0.25) is 17.7 Å². The molecular weight excluding hydrogens is 855 g/mol. The van der Waals surface area contributed by atoms with E-state index in [4.69, 9.17) is 15.7 Å². The van der Waals surface area contributed by atoms with E-state index in [2.05, 4.69) is 35.6 Å². The van der Waals surface area contributed by atoms with Crippen molar-refractivity contribution in [1.82, 2.24) is 40.7 Å². The van der Waals surface area contributed by atoms with Crippen LogP contribution in [0.5, 0.6) is 5.75 Å². The van der Waals surface area contributed by atoms with Gasteiger partial charge < -0.3 is 41.3 Å². The summed E-state index contributed by atoms with van der Waals surface area (Å²) >= 11 is 1.58. The summed E-state index contributed by atoms with van der Waals surface area (Å²) in [5.74, 6) is 1.10. The number of phenols is 1. The van der Waals surface area contributed by atoms with Crippen LogP contribution in [0.25, 0.3) is 21.7 Å². The van der Waals surface area contributed by atoms with Crippen molar-refractivity contribution in [3.05, 3.63) is 89.5 Å². The van der Waals surface area contributed by atoms with Crippen LogP contribution in [0, 0.1) is 18.3 Å². The quantitative estimate of drug-likeness (QED) is 0.109. The summed E-state index contributed by atoms with van der Waals surface area (Å²) in [6.45, 7) is 9.46. The molecule has 6 N–H and O–H groups in total. The highest BCUT2D eigenvalue weighted by Crippen LogP contribution is 2.40. The van der Waals surface area contributed by atoms with Gasteiger partial charge in [-0.3, -0.25) is 14.4 Å². The molecule has 0 spiro atoms. The number of nitrogens with zero attached hydrogens (tertiary/aromatic N) is 8. The third-order valence-electron chi connectivity index (χ3n) is 13.9. The normalized spacial score (nSPS) is 23.4. The van der Waals surface area contributed by atoms with Gasteiger partial charge in [0.05, 0.1) is 33.6 Å². The number of amides is 3.